The van der Waals surface area contributed by atoms with Crippen LogP contribution in [0.2, 0.25) is 0 Å². The Morgan fingerprint density at radius 2 is 2.00 bits per heavy atom. The molecule has 0 unspecified atom stereocenters. The van der Waals surface area contributed by atoms with Crippen molar-refractivity contribution in [3.8, 4) is 5.75 Å². The number of aryl methyl sites for hydroxylation is 1. The van der Waals surface area contributed by atoms with Crippen molar-refractivity contribution in [2.45, 2.75) is 25.8 Å². The second-order valence-electron chi connectivity index (χ2n) is 6.39. The molecule has 2 aromatic carbocycles. The van der Waals surface area contributed by atoms with Crippen LogP contribution in [0.1, 0.15) is 28.7 Å². The second kappa shape index (κ2) is 8.45. The van der Waals surface area contributed by atoms with Crippen molar-refractivity contribution >= 4 is 20.2 Å². The molecule has 3 rings (SSSR count). The van der Waals surface area contributed by atoms with Crippen LogP contribution in [-0.2, 0) is 24.2 Å². The molecule has 0 spiro atoms. The molecule has 0 radical (unpaired) electrons. The largest absolute Gasteiger partial charge is 0.497 e. The van der Waals surface area contributed by atoms with E-state index >= 15 is 0 Å². The molecule has 2 N–H and O–H groups in total. The van der Waals surface area contributed by atoms with Crippen LogP contribution in [0, 0.1) is 0 Å². The summed E-state index contributed by atoms with van der Waals surface area (Å²) in [7, 11) is 5.47. The van der Waals surface area contributed by atoms with Crippen LogP contribution < -0.4 is 10.2 Å². The number of methoxy groups -OCH3 is 1. The number of rotatable bonds is 6. The Morgan fingerprint density at radius 1 is 1.23 bits per heavy atom. The van der Waals surface area contributed by atoms with E-state index in [2.05, 4.69) is 32.0 Å². The number of ether oxygens (including phenoxy) is 1. The molecule has 0 saturated carbocycles. The SMILES string of the molecule is COc1ccc(C(=P)N2CCc3ccc(CCC(=O)NO)cc3C2)cc1. The van der Waals surface area contributed by atoms with Crippen LogP contribution in [0.25, 0.3) is 0 Å². The molecule has 0 bridgehead atoms. The van der Waals surface area contributed by atoms with E-state index in [-0.39, 0.29) is 12.3 Å². The molecule has 5 nitrogen and oxygen atoms in total. The van der Waals surface area contributed by atoms with Gasteiger partial charge in [-0.15, -0.1) is 8.86 Å². The molecule has 0 fully saturated rings. The van der Waals surface area contributed by atoms with Crippen LogP contribution in [0.5, 0.6) is 5.75 Å². The van der Waals surface area contributed by atoms with E-state index in [1.807, 2.05) is 24.3 Å². The van der Waals surface area contributed by atoms with Gasteiger partial charge in [-0.1, -0.05) is 18.2 Å². The minimum Gasteiger partial charge on any atom is -0.497 e. The highest BCUT2D eigenvalue weighted by Gasteiger charge is 2.20. The molecular weight excluding hydrogens is 347 g/mol. The van der Waals surface area contributed by atoms with Gasteiger partial charge in [-0.25, -0.2) is 5.48 Å². The van der Waals surface area contributed by atoms with Crippen molar-refractivity contribution in [2.75, 3.05) is 13.7 Å². The van der Waals surface area contributed by atoms with Gasteiger partial charge in [-0.3, -0.25) is 14.9 Å². The second-order valence-corrected chi connectivity index (χ2v) is 6.86. The lowest BCUT2D eigenvalue weighted by Crippen LogP contribution is -2.35. The number of nitrogens with one attached hydrogen (secondary N) is 1. The number of carbonyl (C=O) groups is 1. The first-order valence-electron chi connectivity index (χ1n) is 8.62. The van der Waals surface area contributed by atoms with Gasteiger partial charge >= 0.3 is 0 Å². The summed E-state index contributed by atoms with van der Waals surface area (Å²) in [6, 6.07) is 14.4. The highest BCUT2D eigenvalue weighted by atomic mass is 31.0. The lowest BCUT2D eigenvalue weighted by atomic mass is 9.95. The van der Waals surface area contributed by atoms with Crippen molar-refractivity contribution < 1.29 is 14.7 Å². The number of hydrogen-bond donors (Lipinski definition) is 2. The van der Waals surface area contributed by atoms with Crippen LogP contribution >= 0.6 is 8.86 Å². The van der Waals surface area contributed by atoms with Crippen molar-refractivity contribution in [3.05, 3.63) is 64.7 Å². The van der Waals surface area contributed by atoms with Gasteiger partial charge in [0.1, 0.15) is 5.75 Å². The van der Waals surface area contributed by atoms with Crippen molar-refractivity contribution in [2.24, 2.45) is 0 Å². The Labute approximate surface area is 155 Å². The predicted octanol–water partition coefficient (Wildman–Crippen LogP) is 2.81. The summed E-state index contributed by atoms with van der Waals surface area (Å²) in [5.74, 6) is 0.480. The average Bonchev–Trinajstić information content (AvgIpc) is 2.70. The van der Waals surface area contributed by atoms with Gasteiger partial charge in [0.2, 0.25) is 5.91 Å². The number of amides is 1. The topological polar surface area (TPSA) is 61.8 Å². The summed E-state index contributed by atoms with van der Waals surface area (Å²) in [4.78, 5) is 13.5. The quantitative estimate of drug-likeness (QED) is 0.466. The molecule has 1 aliphatic heterocycles. The van der Waals surface area contributed by atoms with Crippen molar-refractivity contribution in [3.63, 3.8) is 0 Å². The van der Waals surface area contributed by atoms with Gasteiger partial charge in [-0.05, 0) is 59.4 Å². The molecular formula is C20H23N2O3P. The maximum Gasteiger partial charge on any atom is 0.243 e. The molecule has 1 amide bonds. The number of hydrogen-bond acceptors (Lipinski definition) is 3. The number of benzene rings is 2. The zero-order chi connectivity index (χ0) is 18.5. The molecule has 1 aliphatic rings. The monoisotopic (exact) mass is 370 g/mol. The van der Waals surface area contributed by atoms with E-state index in [1.54, 1.807) is 12.6 Å². The summed E-state index contributed by atoms with van der Waals surface area (Å²) in [5, 5.41) is 8.62. The van der Waals surface area contributed by atoms with Crippen molar-refractivity contribution in [1.29, 1.82) is 0 Å². The summed E-state index contributed by atoms with van der Waals surface area (Å²) < 4.78 is 5.22. The zero-order valence-corrected chi connectivity index (χ0v) is 15.8. The average molecular weight is 370 g/mol. The smallest absolute Gasteiger partial charge is 0.243 e. The minimum atomic E-state index is -0.361. The lowest BCUT2D eigenvalue weighted by molar-refractivity contribution is -0.129. The Hall–Kier alpha value is -2.20. The molecule has 0 atom stereocenters. The van der Waals surface area contributed by atoms with Crippen LogP contribution in [0.4, 0.5) is 0 Å². The molecule has 0 saturated heterocycles. The Kier molecular flexibility index (Phi) is 6.04. The van der Waals surface area contributed by atoms with E-state index in [9.17, 15) is 4.79 Å². The van der Waals surface area contributed by atoms with E-state index < -0.39 is 0 Å². The summed E-state index contributed by atoms with van der Waals surface area (Å²) in [5.41, 5.74) is 7.59. The predicted molar refractivity (Wildman–Crippen MR) is 104 cm³/mol. The van der Waals surface area contributed by atoms with E-state index in [4.69, 9.17) is 9.94 Å². The van der Waals surface area contributed by atoms with Gasteiger partial charge in [-0.2, -0.15) is 0 Å². The standard InChI is InChI=1S/C20H23N2O3P/c1-25-18-7-5-16(6-8-18)20(26)22-11-10-15-4-2-14(12-17(15)13-22)3-9-19(23)21-24/h2,4-8,12,24,26H,3,9-11,13H2,1H3,(H,21,23). The Bertz CT molecular complexity index is 805. The fourth-order valence-electron chi connectivity index (χ4n) is 3.20. The van der Waals surface area contributed by atoms with Gasteiger partial charge in [0.05, 0.1) is 7.11 Å². The van der Waals surface area contributed by atoms with Crippen molar-refractivity contribution in [1.82, 2.24) is 10.4 Å². The highest BCUT2D eigenvalue weighted by Crippen LogP contribution is 2.24. The highest BCUT2D eigenvalue weighted by molar-refractivity contribution is 7.21. The Morgan fingerprint density at radius 3 is 2.69 bits per heavy atom. The third-order valence-corrected chi connectivity index (χ3v) is 5.33. The number of nitrogens with zero attached hydrogens (tertiary/aromatic N) is 1. The first-order chi connectivity index (χ1) is 12.6. The fraction of sp³-hybridized carbons (Fsp3) is 0.300. The number of carbonyl (C=O) groups excluding carboxylic acids is 1. The maximum absolute atomic E-state index is 11.2. The summed E-state index contributed by atoms with van der Waals surface area (Å²) in [6.07, 6.45) is 1.87. The van der Waals surface area contributed by atoms with Gasteiger partial charge in [0, 0.05) is 24.9 Å². The maximum atomic E-state index is 11.2. The van der Waals surface area contributed by atoms with Gasteiger partial charge in [0.25, 0.3) is 0 Å². The first kappa shape index (κ1) is 18.6. The van der Waals surface area contributed by atoms with Gasteiger partial charge in [0.15, 0.2) is 0 Å². The fourth-order valence-corrected chi connectivity index (χ4v) is 3.56. The first-order valence-corrected chi connectivity index (χ1v) is 9.12. The molecule has 0 aliphatic carbocycles. The zero-order valence-electron chi connectivity index (χ0n) is 14.8. The van der Waals surface area contributed by atoms with Crippen LogP contribution in [0.3, 0.4) is 0 Å². The summed E-state index contributed by atoms with van der Waals surface area (Å²) in [6.45, 7) is 1.77. The summed E-state index contributed by atoms with van der Waals surface area (Å²) >= 11 is 0. The number of hydroxylamine groups is 1. The Balaban J connectivity index is 1.70. The normalized spacial score (nSPS) is 13.8. The van der Waals surface area contributed by atoms with Gasteiger partial charge < -0.3 is 4.74 Å². The molecule has 26 heavy (non-hydrogen) atoms. The molecule has 136 valence electrons. The molecule has 0 aromatic heterocycles. The van der Waals surface area contributed by atoms with Crippen LogP contribution in [-0.4, -0.2) is 35.1 Å². The molecule has 6 heteroatoms. The van der Waals surface area contributed by atoms with Crippen LogP contribution in [0.15, 0.2) is 42.5 Å². The van der Waals surface area contributed by atoms with E-state index in [0.717, 1.165) is 41.8 Å². The third-order valence-electron chi connectivity index (χ3n) is 4.73. The van der Waals surface area contributed by atoms with E-state index in [0.29, 0.717) is 6.42 Å². The third kappa shape index (κ3) is 4.31. The van der Waals surface area contributed by atoms with E-state index in [1.165, 1.54) is 11.1 Å². The molecule has 1 heterocycles. The number of fused-ring (bicyclic) bond motifs is 1. The lowest BCUT2D eigenvalue weighted by Gasteiger charge is -2.30. The minimum absolute atomic E-state index is 0.278. The molecule has 2 aromatic rings.